The fourth-order valence-electron chi connectivity index (χ4n) is 3.23. The highest BCUT2D eigenvalue weighted by molar-refractivity contribution is 6.30. The Morgan fingerprint density at radius 3 is 2.84 bits per heavy atom. The van der Waals surface area contributed by atoms with E-state index in [0.29, 0.717) is 35.5 Å². The third-order valence-electron chi connectivity index (χ3n) is 4.65. The van der Waals surface area contributed by atoms with Gasteiger partial charge >= 0.3 is 0 Å². The van der Waals surface area contributed by atoms with Crippen LogP contribution in [0, 0.1) is 0 Å². The van der Waals surface area contributed by atoms with Gasteiger partial charge in [0.05, 0.1) is 10.7 Å². The highest BCUT2D eigenvalue weighted by atomic mass is 35.5. The van der Waals surface area contributed by atoms with Crippen LogP contribution < -0.4 is 16.5 Å². The molecule has 0 spiro atoms. The number of nitrogens with one attached hydrogen (secondary N) is 2. The molecule has 0 unspecified atom stereocenters. The second-order valence-electron chi connectivity index (χ2n) is 7.27. The quantitative estimate of drug-likeness (QED) is 0.617. The van der Waals surface area contributed by atoms with E-state index in [1.165, 1.54) is 0 Å². The van der Waals surface area contributed by atoms with Crippen molar-refractivity contribution >= 4 is 34.9 Å². The summed E-state index contributed by atoms with van der Waals surface area (Å²) in [4.78, 5) is 35.0. The van der Waals surface area contributed by atoms with Gasteiger partial charge in [-0.1, -0.05) is 11.6 Å². The molecule has 0 aliphatic carbocycles. The van der Waals surface area contributed by atoms with E-state index >= 15 is 0 Å². The van der Waals surface area contributed by atoms with Crippen molar-refractivity contribution in [2.24, 2.45) is 10.7 Å². The van der Waals surface area contributed by atoms with Crippen LogP contribution in [0.15, 0.2) is 53.2 Å². The van der Waals surface area contributed by atoms with Gasteiger partial charge in [0.15, 0.2) is 0 Å². The van der Waals surface area contributed by atoms with Crippen molar-refractivity contribution in [3.05, 3.63) is 58.8 Å². The van der Waals surface area contributed by atoms with Gasteiger partial charge in [-0.2, -0.15) is 0 Å². The number of hydrogen-bond donors (Lipinski definition) is 3. The van der Waals surface area contributed by atoms with Crippen molar-refractivity contribution in [1.29, 1.82) is 0 Å². The summed E-state index contributed by atoms with van der Waals surface area (Å²) >= 11 is 6.01. The third kappa shape index (κ3) is 6.08. The van der Waals surface area contributed by atoms with Crippen LogP contribution in [0.5, 0.6) is 0 Å². The van der Waals surface area contributed by atoms with Crippen LogP contribution in [0.3, 0.4) is 0 Å². The molecule has 1 aromatic heterocycles. The lowest BCUT2D eigenvalue weighted by atomic mass is 10.2. The second kappa shape index (κ2) is 10.1. The molecule has 0 fully saturated rings. The summed E-state index contributed by atoms with van der Waals surface area (Å²) in [6.45, 7) is 2.99. The number of carbonyl (C=O) groups excluding carboxylic acids is 2. The monoisotopic (exact) mass is 443 g/mol. The number of allylic oxidation sites excluding steroid dienone is 3. The van der Waals surface area contributed by atoms with Crippen molar-refractivity contribution in [3.63, 3.8) is 0 Å². The number of aromatic nitrogens is 1. The molecule has 3 rings (SSSR count). The van der Waals surface area contributed by atoms with E-state index in [0.717, 1.165) is 17.7 Å². The molecule has 0 saturated carbocycles. The largest absolute Gasteiger partial charge is 0.402 e. The molecule has 3 heterocycles. The predicted octanol–water partition coefficient (Wildman–Crippen LogP) is 1.76. The van der Waals surface area contributed by atoms with Crippen LogP contribution >= 0.6 is 11.6 Å². The van der Waals surface area contributed by atoms with Crippen LogP contribution in [0.2, 0.25) is 5.02 Å². The number of nitrogens with zero attached hydrogens (tertiary/aromatic N) is 4. The maximum absolute atomic E-state index is 12.6. The maximum Gasteiger partial charge on any atom is 0.228 e. The van der Waals surface area contributed by atoms with Crippen molar-refractivity contribution in [2.75, 3.05) is 20.1 Å². The first-order valence-corrected chi connectivity index (χ1v) is 10.3. The van der Waals surface area contributed by atoms with Gasteiger partial charge < -0.3 is 11.1 Å². The Morgan fingerprint density at radius 1 is 1.32 bits per heavy atom. The lowest BCUT2D eigenvalue weighted by molar-refractivity contribution is -0.130. The fourth-order valence-corrected chi connectivity index (χ4v) is 3.41. The molecule has 9 nitrogen and oxygen atoms in total. The van der Waals surface area contributed by atoms with Gasteiger partial charge in [0, 0.05) is 56.6 Å². The molecule has 31 heavy (non-hydrogen) atoms. The molecular formula is C21H26ClN7O2. The lowest BCUT2D eigenvalue weighted by Crippen LogP contribution is -2.42. The fraction of sp³-hybridized carbons (Fsp3) is 0.333. The lowest BCUT2D eigenvalue weighted by Gasteiger charge is -2.29. The highest BCUT2D eigenvalue weighted by Gasteiger charge is 2.22. The van der Waals surface area contributed by atoms with E-state index in [1.807, 2.05) is 13.1 Å². The van der Waals surface area contributed by atoms with E-state index in [2.05, 4.69) is 20.7 Å². The molecule has 2 aliphatic heterocycles. The molecule has 0 bridgehead atoms. The second-order valence-corrected chi connectivity index (χ2v) is 7.71. The summed E-state index contributed by atoms with van der Waals surface area (Å²) in [5, 5.41) is 5.08. The summed E-state index contributed by atoms with van der Waals surface area (Å²) in [7, 11) is 1.82. The van der Waals surface area contributed by atoms with Crippen LogP contribution in [0.25, 0.3) is 5.70 Å². The highest BCUT2D eigenvalue weighted by Crippen LogP contribution is 2.21. The molecule has 0 saturated heterocycles. The Kier molecular flexibility index (Phi) is 7.30. The van der Waals surface area contributed by atoms with E-state index in [4.69, 9.17) is 17.3 Å². The van der Waals surface area contributed by atoms with E-state index in [-0.39, 0.29) is 24.7 Å². The number of hydrazine groups is 1. The molecule has 10 heteroatoms. The summed E-state index contributed by atoms with van der Waals surface area (Å²) in [6, 6.07) is 1.81. The zero-order chi connectivity index (χ0) is 22.4. The topological polar surface area (TPSA) is 116 Å². The van der Waals surface area contributed by atoms with E-state index < -0.39 is 0 Å². The van der Waals surface area contributed by atoms with Gasteiger partial charge in [-0.15, -0.1) is 0 Å². The first kappa shape index (κ1) is 22.4. The Labute approximate surface area is 186 Å². The van der Waals surface area contributed by atoms with Crippen LogP contribution in [-0.2, 0) is 9.59 Å². The SMILES string of the molecule is CC(N)=CC1=NCCCN1C(=O)CCC(=O)NC1=CC=C(c2cncc(Cl)c2)N(C)N1. The summed E-state index contributed by atoms with van der Waals surface area (Å²) in [6.07, 6.45) is 9.49. The number of pyridine rings is 1. The third-order valence-corrected chi connectivity index (χ3v) is 4.85. The van der Waals surface area contributed by atoms with E-state index in [9.17, 15) is 9.59 Å². The first-order valence-electron chi connectivity index (χ1n) is 9.95. The Morgan fingerprint density at radius 2 is 2.13 bits per heavy atom. The van der Waals surface area contributed by atoms with Gasteiger partial charge in [-0.3, -0.25) is 34.9 Å². The van der Waals surface area contributed by atoms with Gasteiger partial charge in [0.1, 0.15) is 11.7 Å². The Balaban J connectivity index is 1.56. The van der Waals surface area contributed by atoms with Crippen molar-refractivity contribution in [3.8, 4) is 0 Å². The van der Waals surface area contributed by atoms with Crippen molar-refractivity contribution in [1.82, 2.24) is 25.6 Å². The van der Waals surface area contributed by atoms with Crippen LogP contribution in [-0.4, -0.2) is 52.7 Å². The molecule has 164 valence electrons. The molecule has 0 atom stereocenters. The summed E-state index contributed by atoms with van der Waals surface area (Å²) in [5.74, 6) is 0.663. The van der Waals surface area contributed by atoms with Gasteiger partial charge in [0.25, 0.3) is 0 Å². The molecule has 2 aliphatic rings. The number of hydrogen-bond acceptors (Lipinski definition) is 7. The Bertz CT molecular complexity index is 980. The number of nitrogens with two attached hydrogens (primary N) is 1. The molecule has 0 aromatic carbocycles. The molecule has 2 amide bonds. The number of rotatable bonds is 6. The minimum atomic E-state index is -0.261. The number of aliphatic imine (C=N–C) groups is 1. The van der Waals surface area contributed by atoms with Crippen molar-refractivity contribution < 1.29 is 9.59 Å². The van der Waals surface area contributed by atoms with Crippen molar-refractivity contribution in [2.45, 2.75) is 26.2 Å². The molecule has 0 radical (unpaired) electrons. The summed E-state index contributed by atoms with van der Waals surface area (Å²) < 4.78 is 0. The standard InChI is InChI=1S/C21H26ClN7O2/c1-14(23)10-19-25-8-3-9-29(19)21(31)7-6-20(30)26-18-5-4-17(28(2)27-18)15-11-16(22)13-24-12-15/h4-5,10-13,27H,3,6-9,23H2,1-2H3,(H,26,30). The first-order chi connectivity index (χ1) is 14.8. The van der Waals surface area contributed by atoms with Crippen LogP contribution in [0.1, 0.15) is 31.7 Å². The van der Waals surface area contributed by atoms with Crippen LogP contribution in [0.4, 0.5) is 0 Å². The van der Waals surface area contributed by atoms with E-state index in [1.54, 1.807) is 47.4 Å². The predicted molar refractivity (Wildman–Crippen MR) is 120 cm³/mol. The maximum atomic E-state index is 12.6. The number of carbonyl (C=O) groups is 2. The smallest absolute Gasteiger partial charge is 0.228 e. The number of amides is 2. The Hall–Kier alpha value is -3.33. The number of amidine groups is 1. The molecular weight excluding hydrogens is 418 g/mol. The zero-order valence-corrected chi connectivity index (χ0v) is 18.3. The molecule has 4 N–H and O–H groups in total. The zero-order valence-electron chi connectivity index (χ0n) is 17.6. The molecule has 1 aromatic rings. The minimum Gasteiger partial charge on any atom is -0.402 e. The number of halogens is 1. The summed E-state index contributed by atoms with van der Waals surface area (Å²) in [5.41, 5.74) is 11.1. The van der Waals surface area contributed by atoms with Gasteiger partial charge in [-0.05, 0) is 37.6 Å². The average molecular weight is 444 g/mol. The van der Waals surface area contributed by atoms with Gasteiger partial charge in [0.2, 0.25) is 11.8 Å². The average Bonchev–Trinajstić information content (AvgIpc) is 2.72. The normalized spacial score (nSPS) is 16.7. The minimum absolute atomic E-state index is 0.0610. The van der Waals surface area contributed by atoms with Gasteiger partial charge in [-0.25, -0.2) is 0 Å².